The number of carbonyl (C=O) groups is 1. The van der Waals surface area contributed by atoms with Crippen LogP contribution in [0.4, 0.5) is 0 Å². The van der Waals surface area contributed by atoms with Gasteiger partial charge in [-0.05, 0) is 18.4 Å². The molecule has 0 saturated heterocycles. The zero-order valence-electron chi connectivity index (χ0n) is 13.7. The molecule has 122 valence electrons. The molecule has 0 spiro atoms. The molecule has 1 heterocycles. The lowest BCUT2D eigenvalue weighted by Crippen LogP contribution is -2.29. The molecule has 1 aromatic carbocycles. The summed E-state index contributed by atoms with van der Waals surface area (Å²) in [4.78, 5) is 18.7. The first kappa shape index (κ1) is 15.8. The van der Waals surface area contributed by atoms with E-state index in [1.807, 2.05) is 31.3 Å². The van der Waals surface area contributed by atoms with Gasteiger partial charge in [-0.1, -0.05) is 50.3 Å². The van der Waals surface area contributed by atoms with E-state index in [4.69, 9.17) is 0 Å². The third kappa shape index (κ3) is 3.46. The Balaban J connectivity index is 1.75. The van der Waals surface area contributed by atoms with E-state index in [0.29, 0.717) is 10.9 Å². The van der Waals surface area contributed by atoms with Gasteiger partial charge in [0.05, 0.1) is 17.3 Å². The van der Waals surface area contributed by atoms with Gasteiger partial charge in [-0.3, -0.25) is 9.78 Å². The average Bonchev–Trinajstić information content (AvgIpc) is 2.60. The van der Waals surface area contributed by atoms with Gasteiger partial charge >= 0.3 is 0 Å². The fourth-order valence-corrected chi connectivity index (χ4v) is 3.50. The van der Waals surface area contributed by atoms with Gasteiger partial charge in [0.15, 0.2) is 0 Å². The SMILES string of the molecule is CN(CCC1CCCCC1)C(=O)c1c(O)cnc2ccccc12. The van der Waals surface area contributed by atoms with E-state index in [9.17, 15) is 9.90 Å². The van der Waals surface area contributed by atoms with Gasteiger partial charge in [0.2, 0.25) is 0 Å². The molecule has 1 fully saturated rings. The molecule has 1 aliphatic carbocycles. The second-order valence-corrected chi connectivity index (χ2v) is 6.56. The Kier molecular flexibility index (Phi) is 4.79. The van der Waals surface area contributed by atoms with Crippen LogP contribution < -0.4 is 0 Å². The summed E-state index contributed by atoms with van der Waals surface area (Å²) in [6, 6.07) is 7.44. The van der Waals surface area contributed by atoms with Crippen LogP contribution in [0.3, 0.4) is 0 Å². The maximum Gasteiger partial charge on any atom is 0.258 e. The van der Waals surface area contributed by atoms with Crippen molar-refractivity contribution in [3.63, 3.8) is 0 Å². The lowest BCUT2D eigenvalue weighted by Gasteiger charge is -2.25. The minimum atomic E-state index is -0.128. The second kappa shape index (κ2) is 6.99. The number of aromatic nitrogens is 1. The highest BCUT2D eigenvalue weighted by Crippen LogP contribution is 2.28. The van der Waals surface area contributed by atoms with E-state index >= 15 is 0 Å². The number of hydrogen-bond donors (Lipinski definition) is 1. The highest BCUT2D eigenvalue weighted by molar-refractivity contribution is 6.08. The second-order valence-electron chi connectivity index (χ2n) is 6.56. The molecule has 2 aromatic rings. The Morgan fingerprint density at radius 3 is 2.78 bits per heavy atom. The Morgan fingerprint density at radius 1 is 1.26 bits per heavy atom. The lowest BCUT2D eigenvalue weighted by molar-refractivity contribution is 0.0783. The van der Waals surface area contributed by atoms with Crippen molar-refractivity contribution in [1.82, 2.24) is 9.88 Å². The fraction of sp³-hybridized carbons (Fsp3) is 0.474. The Morgan fingerprint density at radius 2 is 2.00 bits per heavy atom. The van der Waals surface area contributed by atoms with Crippen molar-refractivity contribution in [2.45, 2.75) is 38.5 Å². The maximum absolute atomic E-state index is 12.8. The van der Waals surface area contributed by atoms with Crippen LogP contribution in [0.5, 0.6) is 5.75 Å². The standard InChI is InChI=1S/C19H24N2O2/c1-21(12-11-14-7-3-2-4-8-14)19(23)18-15-9-5-6-10-16(15)20-13-17(18)22/h5-6,9-10,13-14,22H,2-4,7-8,11-12H2,1H3. The number of hydrogen-bond acceptors (Lipinski definition) is 3. The summed E-state index contributed by atoms with van der Waals surface area (Å²) in [7, 11) is 1.82. The summed E-state index contributed by atoms with van der Waals surface area (Å²) in [5.41, 5.74) is 1.09. The van der Waals surface area contributed by atoms with Gasteiger partial charge in [-0.25, -0.2) is 0 Å². The zero-order chi connectivity index (χ0) is 16.2. The van der Waals surface area contributed by atoms with E-state index in [1.54, 1.807) is 4.90 Å². The monoisotopic (exact) mass is 312 g/mol. The molecule has 0 radical (unpaired) electrons. The lowest BCUT2D eigenvalue weighted by atomic mass is 9.87. The van der Waals surface area contributed by atoms with E-state index in [2.05, 4.69) is 4.98 Å². The highest BCUT2D eigenvalue weighted by atomic mass is 16.3. The first-order valence-electron chi connectivity index (χ1n) is 8.49. The fourth-order valence-electron chi connectivity index (χ4n) is 3.50. The van der Waals surface area contributed by atoms with Gasteiger partial charge in [-0.2, -0.15) is 0 Å². The minimum absolute atomic E-state index is 0.0433. The van der Waals surface area contributed by atoms with Crippen molar-refractivity contribution in [3.8, 4) is 5.75 Å². The van der Waals surface area contributed by atoms with Crippen molar-refractivity contribution in [2.75, 3.05) is 13.6 Å². The third-order valence-electron chi connectivity index (χ3n) is 4.91. The summed E-state index contributed by atoms with van der Waals surface area (Å²) >= 11 is 0. The Labute approximate surface area is 137 Å². The molecule has 0 atom stereocenters. The molecule has 1 saturated carbocycles. The van der Waals surface area contributed by atoms with Gasteiger partial charge in [0.25, 0.3) is 5.91 Å². The molecule has 1 N–H and O–H groups in total. The number of para-hydroxylation sites is 1. The molecule has 1 amide bonds. The van der Waals surface area contributed by atoms with E-state index in [1.165, 1.54) is 38.3 Å². The van der Waals surface area contributed by atoms with Crippen LogP contribution in [0.25, 0.3) is 10.9 Å². The first-order chi connectivity index (χ1) is 11.2. The van der Waals surface area contributed by atoms with Gasteiger partial charge < -0.3 is 10.0 Å². The molecule has 4 heteroatoms. The number of fused-ring (bicyclic) bond motifs is 1. The third-order valence-corrected chi connectivity index (χ3v) is 4.91. The number of nitrogens with zero attached hydrogens (tertiary/aromatic N) is 2. The largest absolute Gasteiger partial charge is 0.505 e. The first-order valence-corrected chi connectivity index (χ1v) is 8.49. The number of amides is 1. The maximum atomic E-state index is 12.8. The summed E-state index contributed by atoms with van der Waals surface area (Å²) in [5.74, 6) is 0.567. The van der Waals surface area contributed by atoms with Crippen LogP contribution in [-0.2, 0) is 0 Å². The molecule has 1 aromatic heterocycles. The molecule has 23 heavy (non-hydrogen) atoms. The molecule has 0 bridgehead atoms. The average molecular weight is 312 g/mol. The number of aromatic hydroxyl groups is 1. The summed E-state index contributed by atoms with van der Waals surface area (Å²) < 4.78 is 0. The van der Waals surface area contributed by atoms with Crippen LogP contribution in [-0.4, -0.2) is 34.5 Å². The van der Waals surface area contributed by atoms with E-state index in [0.717, 1.165) is 24.4 Å². The summed E-state index contributed by atoms with van der Waals surface area (Å²) in [6.45, 7) is 0.736. The van der Waals surface area contributed by atoms with Gasteiger partial charge in [-0.15, -0.1) is 0 Å². The van der Waals surface area contributed by atoms with Crippen molar-refractivity contribution in [2.24, 2.45) is 5.92 Å². The normalized spacial score (nSPS) is 15.7. The zero-order valence-corrected chi connectivity index (χ0v) is 13.7. The molecule has 0 unspecified atom stereocenters. The highest BCUT2D eigenvalue weighted by Gasteiger charge is 2.21. The molecular formula is C19H24N2O2. The molecule has 3 rings (SSSR count). The number of rotatable bonds is 4. The predicted octanol–water partition coefficient (Wildman–Crippen LogP) is 3.98. The number of pyridine rings is 1. The van der Waals surface area contributed by atoms with Crippen LogP contribution in [0, 0.1) is 5.92 Å². The van der Waals surface area contributed by atoms with Gasteiger partial charge in [0, 0.05) is 19.0 Å². The Hall–Kier alpha value is -2.10. The van der Waals surface area contributed by atoms with Crippen molar-refractivity contribution in [3.05, 3.63) is 36.0 Å². The number of carbonyl (C=O) groups excluding carboxylic acids is 1. The van der Waals surface area contributed by atoms with Gasteiger partial charge in [0.1, 0.15) is 5.75 Å². The van der Waals surface area contributed by atoms with E-state index in [-0.39, 0.29) is 11.7 Å². The van der Waals surface area contributed by atoms with E-state index < -0.39 is 0 Å². The summed E-state index contributed by atoms with van der Waals surface area (Å²) in [6.07, 6.45) is 8.96. The number of benzene rings is 1. The molecule has 1 aliphatic rings. The van der Waals surface area contributed by atoms with Crippen molar-refractivity contribution < 1.29 is 9.90 Å². The minimum Gasteiger partial charge on any atom is -0.505 e. The molecule has 0 aliphatic heterocycles. The summed E-state index contributed by atoms with van der Waals surface area (Å²) in [5, 5.41) is 10.8. The van der Waals surface area contributed by atoms with Crippen LogP contribution in [0.1, 0.15) is 48.9 Å². The quantitative estimate of drug-likeness (QED) is 0.929. The molecule has 4 nitrogen and oxygen atoms in total. The molecular weight excluding hydrogens is 288 g/mol. The predicted molar refractivity (Wildman–Crippen MR) is 91.6 cm³/mol. The van der Waals surface area contributed by atoms with Crippen molar-refractivity contribution in [1.29, 1.82) is 0 Å². The van der Waals surface area contributed by atoms with Crippen LogP contribution in [0.2, 0.25) is 0 Å². The van der Waals surface area contributed by atoms with Crippen LogP contribution >= 0.6 is 0 Å². The Bertz CT molecular complexity index is 693. The topological polar surface area (TPSA) is 53.4 Å². The van der Waals surface area contributed by atoms with Crippen LogP contribution in [0.15, 0.2) is 30.5 Å². The van der Waals surface area contributed by atoms with Crippen molar-refractivity contribution >= 4 is 16.8 Å². The smallest absolute Gasteiger partial charge is 0.258 e.